The molecule has 4 nitrogen and oxygen atoms in total. The highest BCUT2D eigenvalue weighted by atomic mass is 32.2. The Morgan fingerprint density at radius 1 is 1.56 bits per heavy atom. The third-order valence-electron chi connectivity index (χ3n) is 2.54. The van der Waals surface area contributed by atoms with E-state index >= 15 is 0 Å². The van der Waals surface area contributed by atoms with E-state index < -0.39 is 11.5 Å². The average molecular weight is 240 g/mol. The third kappa shape index (κ3) is 3.50. The maximum Gasteiger partial charge on any atom is 0.323 e. The van der Waals surface area contributed by atoms with Crippen LogP contribution in [0.1, 0.15) is 13.3 Å². The first-order valence-electron chi connectivity index (χ1n) is 5.03. The molecule has 1 unspecified atom stereocenters. The molecule has 1 rings (SSSR count). The van der Waals surface area contributed by atoms with Crippen molar-refractivity contribution in [2.45, 2.75) is 23.8 Å². The SMILES string of the molecule is CNC(C)(CCSc1ccncc1)C(=O)O. The van der Waals surface area contributed by atoms with Crippen molar-refractivity contribution in [3.8, 4) is 0 Å². The van der Waals surface area contributed by atoms with Gasteiger partial charge in [-0.3, -0.25) is 9.78 Å². The number of carbonyl (C=O) groups is 1. The van der Waals surface area contributed by atoms with Crippen molar-refractivity contribution < 1.29 is 9.90 Å². The van der Waals surface area contributed by atoms with Gasteiger partial charge in [0.05, 0.1) is 0 Å². The van der Waals surface area contributed by atoms with Gasteiger partial charge in [-0.1, -0.05) is 0 Å². The van der Waals surface area contributed by atoms with Gasteiger partial charge in [-0.15, -0.1) is 11.8 Å². The Hall–Kier alpha value is -1.07. The van der Waals surface area contributed by atoms with Crippen LogP contribution in [0.25, 0.3) is 0 Å². The summed E-state index contributed by atoms with van der Waals surface area (Å²) in [7, 11) is 1.67. The summed E-state index contributed by atoms with van der Waals surface area (Å²) >= 11 is 1.64. The molecule has 0 saturated heterocycles. The fourth-order valence-electron chi connectivity index (χ4n) is 1.15. The van der Waals surface area contributed by atoms with E-state index in [0.717, 1.165) is 10.6 Å². The second kappa shape index (κ2) is 5.86. The number of pyridine rings is 1. The summed E-state index contributed by atoms with van der Waals surface area (Å²) in [5, 5.41) is 11.9. The van der Waals surface area contributed by atoms with Gasteiger partial charge in [-0.05, 0) is 32.5 Å². The minimum Gasteiger partial charge on any atom is -0.480 e. The molecule has 1 heterocycles. The number of aromatic nitrogens is 1. The molecule has 88 valence electrons. The lowest BCUT2D eigenvalue weighted by Gasteiger charge is -2.23. The molecule has 1 aromatic rings. The molecule has 0 fully saturated rings. The van der Waals surface area contributed by atoms with Gasteiger partial charge >= 0.3 is 5.97 Å². The maximum absolute atomic E-state index is 11.0. The van der Waals surface area contributed by atoms with Crippen LogP contribution in [0.3, 0.4) is 0 Å². The second-order valence-corrected chi connectivity index (χ2v) is 4.84. The number of carboxylic acids is 1. The Kier molecular flexibility index (Phi) is 4.76. The van der Waals surface area contributed by atoms with Gasteiger partial charge in [0.1, 0.15) is 5.54 Å². The van der Waals surface area contributed by atoms with Gasteiger partial charge in [0.15, 0.2) is 0 Å². The zero-order valence-electron chi connectivity index (χ0n) is 9.43. The van der Waals surface area contributed by atoms with Crippen molar-refractivity contribution in [3.63, 3.8) is 0 Å². The molecule has 0 aliphatic carbocycles. The Balaban J connectivity index is 2.43. The second-order valence-electron chi connectivity index (χ2n) is 3.67. The van der Waals surface area contributed by atoms with Crippen LogP contribution in [0, 0.1) is 0 Å². The number of hydrogen-bond acceptors (Lipinski definition) is 4. The smallest absolute Gasteiger partial charge is 0.323 e. The average Bonchev–Trinajstić information content (AvgIpc) is 2.30. The minimum absolute atomic E-state index is 0.575. The van der Waals surface area contributed by atoms with Crippen LogP contribution in [0.4, 0.5) is 0 Å². The Morgan fingerprint density at radius 3 is 2.69 bits per heavy atom. The number of hydrogen-bond donors (Lipinski definition) is 2. The number of thioether (sulfide) groups is 1. The molecule has 1 aromatic heterocycles. The van der Waals surface area contributed by atoms with E-state index in [9.17, 15) is 4.79 Å². The first-order valence-corrected chi connectivity index (χ1v) is 6.02. The normalized spacial score (nSPS) is 14.4. The summed E-state index contributed by atoms with van der Waals surface area (Å²) in [6.45, 7) is 1.70. The third-order valence-corrected chi connectivity index (χ3v) is 3.56. The molecule has 0 amide bonds. The molecule has 0 radical (unpaired) electrons. The molecule has 0 aromatic carbocycles. The Morgan fingerprint density at radius 2 is 2.19 bits per heavy atom. The van der Waals surface area contributed by atoms with E-state index in [2.05, 4.69) is 10.3 Å². The van der Waals surface area contributed by atoms with Crippen LogP contribution >= 0.6 is 11.8 Å². The lowest BCUT2D eigenvalue weighted by atomic mass is 10.00. The van der Waals surface area contributed by atoms with Crippen molar-refractivity contribution in [3.05, 3.63) is 24.5 Å². The van der Waals surface area contributed by atoms with Crippen LogP contribution in [0.2, 0.25) is 0 Å². The van der Waals surface area contributed by atoms with E-state index in [4.69, 9.17) is 5.11 Å². The van der Waals surface area contributed by atoms with Crippen molar-refractivity contribution in [2.75, 3.05) is 12.8 Å². The number of nitrogens with zero attached hydrogens (tertiary/aromatic N) is 1. The standard InChI is InChI=1S/C11H16N2O2S/c1-11(12-2,10(14)15)5-8-16-9-3-6-13-7-4-9/h3-4,6-7,12H,5,8H2,1-2H3,(H,14,15). The summed E-state index contributed by atoms with van der Waals surface area (Å²) in [5.74, 6) is -0.0569. The molecule has 0 aliphatic heterocycles. The number of nitrogens with one attached hydrogen (secondary N) is 1. The van der Waals surface area contributed by atoms with Crippen LogP contribution in [0.5, 0.6) is 0 Å². The monoisotopic (exact) mass is 240 g/mol. The zero-order valence-corrected chi connectivity index (χ0v) is 10.3. The van der Waals surface area contributed by atoms with Crippen molar-refractivity contribution >= 4 is 17.7 Å². The lowest BCUT2D eigenvalue weighted by Crippen LogP contribution is -2.47. The highest BCUT2D eigenvalue weighted by molar-refractivity contribution is 7.99. The molecule has 1 atom stereocenters. The van der Waals surface area contributed by atoms with Crippen molar-refractivity contribution in [1.82, 2.24) is 10.3 Å². The van der Waals surface area contributed by atoms with E-state index in [-0.39, 0.29) is 0 Å². The number of aliphatic carboxylic acids is 1. The largest absolute Gasteiger partial charge is 0.480 e. The number of carboxylic acid groups (broad SMARTS) is 1. The number of rotatable bonds is 6. The first-order chi connectivity index (χ1) is 7.58. The quantitative estimate of drug-likeness (QED) is 0.740. The van der Waals surface area contributed by atoms with Crippen LogP contribution in [-0.4, -0.2) is 34.4 Å². The summed E-state index contributed by atoms with van der Waals surface area (Å²) in [4.78, 5) is 16.0. The summed E-state index contributed by atoms with van der Waals surface area (Å²) in [6, 6.07) is 3.84. The molecule has 0 bridgehead atoms. The molecule has 0 spiro atoms. The molecule has 2 N–H and O–H groups in total. The highest BCUT2D eigenvalue weighted by Gasteiger charge is 2.30. The topological polar surface area (TPSA) is 62.2 Å². The highest BCUT2D eigenvalue weighted by Crippen LogP contribution is 2.21. The predicted octanol–water partition coefficient (Wildman–Crippen LogP) is 1.63. The maximum atomic E-state index is 11.0. The van der Waals surface area contributed by atoms with Gasteiger partial charge in [0, 0.05) is 23.0 Å². The summed E-state index contributed by atoms with van der Waals surface area (Å²) < 4.78 is 0. The van der Waals surface area contributed by atoms with Crippen LogP contribution in [-0.2, 0) is 4.79 Å². The first kappa shape index (κ1) is 13.0. The van der Waals surface area contributed by atoms with Gasteiger partial charge < -0.3 is 10.4 Å². The molecule has 0 saturated carbocycles. The lowest BCUT2D eigenvalue weighted by molar-refractivity contribution is -0.144. The van der Waals surface area contributed by atoms with Crippen LogP contribution < -0.4 is 5.32 Å². The Labute approximate surface area is 99.5 Å². The van der Waals surface area contributed by atoms with Gasteiger partial charge in [-0.25, -0.2) is 0 Å². The fraction of sp³-hybridized carbons (Fsp3) is 0.455. The molecule has 5 heteroatoms. The van der Waals surface area contributed by atoms with E-state index in [0.29, 0.717) is 6.42 Å². The summed E-state index contributed by atoms with van der Waals surface area (Å²) in [5.41, 5.74) is -0.847. The van der Waals surface area contributed by atoms with E-state index in [1.807, 2.05) is 12.1 Å². The molecular formula is C11H16N2O2S. The predicted molar refractivity (Wildman–Crippen MR) is 64.7 cm³/mol. The van der Waals surface area contributed by atoms with Gasteiger partial charge in [0.25, 0.3) is 0 Å². The number of likely N-dealkylation sites (N-methyl/N-ethyl adjacent to an activating group) is 1. The van der Waals surface area contributed by atoms with Gasteiger partial charge in [0.2, 0.25) is 0 Å². The van der Waals surface area contributed by atoms with Crippen LogP contribution in [0.15, 0.2) is 29.4 Å². The minimum atomic E-state index is -0.847. The van der Waals surface area contributed by atoms with Crippen molar-refractivity contribution in [1.29, 1.82) is 0 Å². The van der Waals surface area contributed by atoms with Crippen molar-refractivity contribution in [2.24, 2.45) is 0 Å². The fourth-order valence-corrected chi connectivity index (χ4v) is 2.21. The van der Waals surface area contributed by atoms with E-state index in [1.165, 1.54) is 0 Å². The molecule has 0 aliphatic rings. The molecule has 16 heavy (non-hydrogen) atoms. The molecular weight excluding hydrogens is 224 g/mol. The van der Waals surface area contributed by atoms with E-state index in [1.54, 1.807) is 38.1 Å². The Bertz CT molecular complexity index is 345. The zero-order chi connectivity index (χ0) is 12.0. The van der Waals surface area contributed by atoms with Gasteiger partial charge in [-0.2, -0.15) is 0 Å². The summed E-state index contributed by atoms with van der Waals surface area (Å²) in [6.07, 6.45) is 4.04.